The Morgan fingerprint density at radius 3 is 2.71 bits per heavy atom. The first-order valence-corrected chi connectivity index (χ1v) is 6.37. The van der Waals surface area contributed by atoms with Gasteiger partial charge in [-0.25, -0.2) is 0 Å². The van der Waals surface area contributed by atoms with Crippen LogP contribution in [0.3, 0.4) is 0 Å². The molecule has 3 nitrogen and oxygen atoms in total. The van der Waals surface area contributed by atoms with Crippen molar-refractivity contribution in [3.63, 3.8) is 0 Å². The molecule has 0 unspecified atom stereocenters. The van der Waals surface area contributed by atoms with Crippen LogP contribution >= 0.6 is 11.3 Å². The summed E-state index contributed by atoms with van der Waals surface area (Å²) >= 11 is 1.61. The molecule has 17 heavy (non-hydrogen) atoms. The maximum absolute atomic E-state index is 11.8. The summed E-state index contributed by atoms with van der Waals surface area (Å²) in [5, 5.41) is 11.6. The quantitative estimate of drug-likeness (QED) is 0.836. The Morgan fingerprint density at radius 2 is 2.24 bits per heavy atom. The second-order valence-electron chi connectivity index (χ2n) is 4.81. The van der Waals surface area contributed by atoms with Gasteiger partial charge in [-0.2, -0.15) is 0 Å². The van der Waals surface area contributed by atoms with Crippen LogP contribution in [-0.4, -0.2) is 35.1 Å². The third-order valence-corrected chi connectivity index (χ3v) is 3.26. The number of aliphatic hydroxyl groups is 1. The molecule has 4 heteroatoms. The van der Waals surface area contributed by atoms with Crippen LogP contribution in [0.1, 0.15) is 24.3 Å². The Bertz CT molecular complexity index is 415. The molecule has 0 aromatic carbocycles. The minimum absolute atomic E-state index is 0.0973. The lowest BCUT2D eigenvalue weighted by molar-refractivity contribution is -0.127. The fourth-order valence-electron chi connectivity index (χ4n) is 1.49. The Kier molecular flexibility index (Phi) is 4.48. The average Bonchev–Trinajstić information content (AvgIpc) is 2.57. The normalized spacial score (nSPS) is 12.1. The molecule has 0 saturated heterocycles. The van der Waals surface area contributed by atoms with E-state index in [-0.39, 0.29) is 5.91 Å². The van der Waals surface area contributed by atoms with Crippen molar-refractivity contribution < 1.29 is 9.90 Å². The number of carbonyl (C=O) groups is 1. The van der Waals surface area contributed by atoms with Gasteiger partial charge in [0.1, 0.15) is 0 Å². The van der Waals surface area contributed by atoms with Gasteiger partial charge in [0.05, 0.1) is 5.60 Å². The van der Waals surface area contributed by atoms with Gasteiger partial charge in [0.25, 0.3) is 0 Å². The molecule has 0 aliphatic carbocycles. The van der Waals surface area contributed by atoms with Crippen molar-refractivity contribution in [1.29, 1.82) is 0 Å². The van der Waals surface area contributed by atoms with Crippen molar-refractivity contribution in [3.05, 3.63) is 28.0 Å². The van der Waals surface area contributed by atoms with E-state index in [4.69, 9.17) is 0 Å². The molecule has 1 amide bonds. The van der Waals surface area contributed by atoms with Gasteiger partial charge in [0.2, 0.25) is 5.91 Å². The Balaban J connectivity index is 2.61. The van der Waals surface area contributed by atoms with Crippen molar-refractivity contribution in [2.45, 2.75) is 26.4 Å². The highest BCUT2D eigenvalue weighted by Gasteiger charge is 2.17. The maximum atomic E-state index is 11.8. The van der Waals surface area contributed by atoms with E-state index < -0.39 is 5.60 Å². The van der Waals surface area contributed by atoms with Gasteiger partial charge in [0.15, 0.2) is 0 Å². The van der Waals surface area contributed by atoms with Crippen LogP contribution in [0.15, 0.2) is 17.5 Å². The summed E-state index contributed by atoms with van der Waals surface area (Å²) in [5.74, 6) is -0.0973. The number of aryl methyl sites for hydroxylation is 1. The van der Waals surface area contributed by atoms with E-state index in [1.807, 2.05) is 24.4 Å². The predicted octanol–water partition coefficient (Wildman–Crippen LogP) is 2.30. The van der Waals surface area contributed by atoms with Crippen molar-refractivity contribution in [3.8, 4) is 0 Å². The number of thiophene rings is 1. The van der Waals surface area contributed by atoms with Crippen LogP contribution in [0.2, 0.25) is 0 Å². The molecule has 0 aliphatic heterocycles. The molecule has 0 bridgehead atoms. The summed E-state index contributed by atoms with van der Waals surface area (Å²) in [6.45, 7) is 5.70. The number of carbonyl (C=O) groups excluding carboxylic acids is 1. The molecule has 94 valence electrons. The number of hydrogen-bond acceptors (Lipinski definition) is 3. The monoisotopic (exact) mass is 253 g/mol. The summed E-state index contributed by atoms with van der Waals surface area (Å²) in [4.78, 5) is 14.4. The van der Waals surface area contributed by atoms with Crippen LogP contribution in [-0.2, 0) is 4.79 Å². The first-order valence-electron chi connectivity index (χ1n) is 5.49. The second-order valence-corrected chi connectivity index (χ2v) is 5.76. The van der Waals surface area contributed by atoms with Gasteiger partial charge in [-0.1, -0.05) is 0 Å². The molecule has 0 radical (unpaired) electrons. The number of amides is 1. The average molecular weight is 253 g/mol. The molecule has 0 atom stereocenters. The highest BCUT2D eigenvalue weighted by atomic mass is 32.1. The lowest BCUT2D eigenvalue weighted by Crippen LogP contribution is -2.38. The Morgan fingerprint density at radius 1 is 1.59 bits per heavy atom. The van der Waals surface area contributed by atoms with Crippen LogP contribution in [0.5, 0.6) is 0 Å². The lowest BCUT2D eigenvalue weighted by Gasteiger charge is -2.24. The van der Waals surface area contributed by atoms with Crippen LogP contribution in [0.4, 0.5) is 0 Å². The molecule has 0 aliphatic rings. The molecule has 1 N–H and O–H groups in total. The van der Waals surface area contributed by atoms with Crippen molar-refractivity contribution >= 4 is 23.3 Å². The predicted molar refractivity (Wildman–Crippen MR) is 72.0 cm³/mol. The van der Waals surface area contributed by atoms with Crippen LogP contribution in [0.25, 0.3) is 6.08 Å². The molecule has 0 saturated carbocycles. The highest BCUT2D eigenvalue weighted by Crippen LogP contribution is 2.17. The molecule has 0 spiro atoms. The largest absolute Gasteiger partial charge is 0.389 e. The Labute approximate surface area is 106 Å². The zero-order chi connectivity index (χ0) is 13.1. The van der Waals surface area contributed by atoms with E-state index in [0.29, 0.717) is 6.54 Å². The zero-order valence-electron chi connectivity index (χ0n) is 10.7. The van der Waals surface area contributed by atoms with Gasteiger partial charge < -0.3 is 10.0 Å². The second kappa shape index (κ2) is 5.47. The van der Waals surface area contributed by atoms with E-state index >= 15 is 0 Å². The minimum atomic E-state index is -0.864. The number of nitrogens with zero attached hydrogens (tertiary/aromatic N) is 1. The number of rotatable bonds is 4. The van der Waals surface area contributed by atoms with Gasteiger partial charge in [-0.05, 0) is 43.9 Å². The van der Waals surface area contributed by atoms with E-state index in [9.17, 15) is 9.90 Å². The van der Waals surface area contributed by atoms with E-state index in [1.165, 1.54) is 10.5 Å². The summed E-state index contributed by atoms with van der Waals surface area (Å²) < 4.78 is 0. The maximum Gasteiger partial charge on any atom is 0.246 e. The molecule has 1 heterocycles. The van der Waals surface area contributed by atoms with Gasteiger partial charge in [0, 0.05) is 24.5 Å². The molecular formula is C13H19NO2S. The summed E-state index contributed by atoms with van der Waals surface area (Å²) in [5.41, 5.74) is 0.307. The summed E-state index contributed by atoms with van der Waals surface area (Å²) in [6.07, 6.45) is 3.37. The van der Waals surface area contributed by atoms with E-state index in [1.54, 1.807) is 38.3 Å². The van der Waals surface area contributed by atoms with E-state index in [2.05, 4.69) is 0 Å². The van der Waals surface area contributed by atoms with Crippen LogP contribution < -0.4 is 0 Å². The van der Waals surface area contributed by atoms with Crippen molar-refractivity contribution in [2.24, 2.45) is 0 Å². The first-order chi connectivity index (χ1) is 7.79. The number of hydrogen-bond donors (Lipinski definition) is 1. The van der Waals surface area contributed by atoms with Crippen LogP contribution in [0, 0.1) is 6.92 Å². The Hall–Kier alpha value is -1.13. The lowest BCUT2D eigenvalue weighted by atomic mass is 10.1. The SMILES string of the molecule is Cc1ccsc1C=CC(=O)N(C)CC(C)(C)O. The third kappa shape index (κ3) is 4.71. The fourth-order valence-corrected chi connectivity index (χ4v) is 2.31. The molecule has 0 fully saturated rings. The molecule has 1 aromatic rings. The smallest absolute Gasteiger partial charge is 0.246 e. The van der Waals surface area contributed by atoms with Gasteiger partial charge >= 0.3 is 0 Å². The third-order valence-electron chi connectivity index (χ3n) is 2.28. The molecule has 1 aromatic heterocycles. The highest BCUT2D eigenvalue weighted by molar-refractivity contribution is 7.11. The molecular weight excluding hydrogens is 234 g/mol. The van der Waals surface area contributed by atoms with Crippen molar-refractivity contribution in [2.75, 3.05) is 13.6 Å². The van der Waals surface area contributed by atoms with Gasteiger partial charge in [-0.15, -0.1) is 11.3 Å². The van der Waals surface area contributed by atoms with E-state index in [0.717, 1.165) is 4.88 Å². The summed E-state index contributed by atoms with van der Waals surface area (Å²) in [7, 11) is 1.69. The summed E-state index contributed by atoms with van der Waals surface area (Å²) in [6, 6.07) is 2.02. The fraction of sp³-hybridized carbons (Fsp3) is 0.462. The first kappa shape index (κ1) is 13.9. The minimum Gasteiger partial charge on any atom is -0.389 e. The van der Waals surface area contributed by atoms with Crippen molar-refractivity contribution in [1.82, 2.24) is 4.90 Å². The van der Waals surface area contributed by atoms with Gasteiger partial charge in [-0.3, -0.25) is 4.79 Å². The molecule has 1 rings (SSSR count). The zero-order valence-corrected chi connectivity index (χ0v) is 11.5. The standard InChI is InChI=1S/C13H19NO2S/c1-10-7-8-17-11(10)5-6-12(15)14(4)9-13(2,3)16/h5-8,16H,9H2,1-4H3. The number of likely N-dealkylation sites (N-methyl/N-ethyl adjacent to an activating group) is 1. The topological polar surface area (TPSA) is 40.5 Å².